The van der Waals surface area contributed by atoms with Gasteiger partial charge in [0, 0.05) is 5.33 Å². The molecule has 0 saturated carbocycles. The van der Waals surface area contributed by atoms with Crippen LogP contribution in [0.4, 0.5) is 0 Å². The van der Waals surface area contributed by atoms with Gasteiger partial charge in [-0.3, -0.25) is 0 Å². The van der Waals surface area contributed by atoms with Gasteiger partial charge in [0.2, 0.25) is 0 Å². The second-order valence-electron chi connectivity index (χ2n) is 3.81. The van der Waals surface area contributed by atoms with Crippen LogP contribution in [0.5, 0.6) is 0 Å². The van der Waals surface area contributed by atoms with Crippen LogP contribution in [0, 0.1) is 0 Å². The Morgan fingerprint density at radius 1 is 0.889 bits per heavy atom. The maximum atomic E-state index is 3.50. The molecule has 102 valence electrons. The zero-order valence-electron chi connectivity index (χ0n) is 12.3. The van der Waals surface area contributed by atoms with E-state index < -0.39 is 0 Å². The van der Waals surface area contributed by atoms with Crippen LogP contribution in [0.2, 0.25) is 0 Å². The van der Waals surface area contributed by atoms with E-state index in [1.54, 1.807) is 5.57 Å². The molecule has 0 bridgehead atoms. The normalized spacial score (nSPS) is 17.3. The summed E-state index contributed by atoms with van der Waals surface area (Å²) in [5, 5.41) is 1.02. The van der Waals surface area contributed by atoms with Crippen molar-refractivity contribution >= 4 is 15.9 Å². The maximum Gasteiger partial charge on any atom is 0.0245 e. The zero-order valence-corrected chi connectivity index (χ0v) is 13.9. The minimum absolute atomic E-state index is 1.02. The number of allylic oxidation sites excluding steroid dienone is 8. The summed E-state index contributed by atoms with van der Waals surface area (Å²) < 4.78 is 0. The molecule has 0 heterocycles. The second-order valence-corrected chi connectivity index (χ2v) is 4.37. The third-order valence-electron chi connectivity index (χ3n) is 2.83. The highest BCUT2D eigenvalue weighted by Crippen LogP contribution is 2.28. The van der Waals surface area contributed by atoms with Gasteiger partial charge in [-0.1, -0.05) is 79.6 Å². The molecule has 0 N–H and O–H groups in total. The summed E-state index contributed by atoms with van der Waals surface area (Å²) in [5.74, 6) is 0. The van der Waals surface area contributed by atoms with Gasteiger partial charge in [-0.05, 0) is 36.8 Å². The Bertz CT molecular complexity index is 330. The number of halogens is 1. The smallest absolute Gasteiger partial charge is 0.0245 e. The van der Waals surface area contributed by atoms with Crippen LogP contribution >= 0.6 is 15.9 Å². The van der Waals surface area contributed by atoms with E-state index in [1.165, 1.54) is 36.8 Å². The van der Waals surface area contributed by atoms with Crippen molar-refractivity contribution in [1.82, 2.24) is 0 Å². The minimum Gasteiger partial charge on any atom is -0.0880 e. The lowest BCUT2D eigenvalue weighted by Crippen LogP contribution is -1.98. The Hall–Kier alpha value is -0.560. The van der Waals surface area contributed by atoms with Crippen molar-refractivity contribution in [2.24, 2.45) is 0 Å². The van der Waals surface area contributed by atoms with Crippen molar-refractivity contribution in [3.05, 3.63) is 47.1 Å². The topological polar surface area (TPSA) is 0 Å². The van der Waals surface area contributed by atoms with Crippen molar-refractivity contribution in [2.75, 3.05) is 5.33 Å². The largest absolute Gasteiger partial charge is 0.0880 e. The molecule has 0 aromatic heterocycles. The fourth-order valence-corrected chi connectivity index (χ4v) is 2.40. The molecule has 0 spiro atoms. The molecule has 0 amide bonds. The molecule has 0 saturated heterocycles. The summed E-state index contributed by atoms with van der Waals surface area (Å²) in [7, 11) is 0. The van der Waals surface area contributed by atoms with Gasteiger partial charge >= 0.3 is 0 Å². The molecule has 1 heteroatoms. The third-order valence-corrected chi connectivity index (χ3v) is 3.55. The van der Waals surface area contributed by atoms with E-state index in [2.05, 4.69) is 46.3 Å². The van der Waals surface area contributed by atoms with Gasteiger partial charge in [-0.15, -0.1) is 0 Å². The van der Waals surface area contributed by atoms with Gasteiger partial charge < -0.3 is 0 Å². The Labute approximate surface area is 122 Å². The summed E-state index contributed by atoms with van der Waals surface area (Å²) in [5.41, 5.74) is 4.59. The van der Waals surface area contributed by atoms with Crippen LogP contribution in [0.25, 0.3) is 0 Å². The number of rotatable bonds is 2. The molecule has 0 aromatic rings. The van der Waals surface area contributed by atoms with E-state index >= 15 is 0 Å². The van der Waals surface area contributed by atoms with E-state index in [1.807, 2.05) is 27.7 Å². The van der Waals surface area contributed by atoms with Crippen LogP contribution in [-0.2, 0) is 0 Å². The molecule has 2 aliphatic rings. The van der Waals surface area contributed by atoms with Crippen LogP contribution < -0.4 is 0 Å². The first-order valence-electron chi connectivity index (χ1n) is 7.21. The summed E-state index contributed by atoms with van der Waals surface area (Å²) in [6, 6.07) is 0. The third kappa shape index (κ3) is 5.86. The predicted molar refractivity (Wildman–Crippen MR) is 88.3 cm³/mol. The molecule has 2 aliphatic carbocycles. The van der Waals surface area contributed by atoms with Crippen molar-refractivity contribution < 1.29 is 0 Å². The van der Waals surface area contributed by atoms with Gasteiger partial charge in [0.1, 0.15) is 0 Å². The lowest BCUT2D eigenvalue weighted by atomic mass is 9.90. The van der Waals surface area contributed by atoms with Crippen molar-refractivity contribution in [1.29, 1.82) is 0 Å². The summed E-state index contributed by atoms with van der Waals surface area (Å²) in [6.07, 6.45) is 16.1. The molecule has 18 heavy (non-hydrogen) atoms. The highest BCUT2D eigenvalue weighted by Gasteiger charge is 2.10. The number of alkyl halides is 1. The molecule has 0 atom stereocenters. The van der Waals surface area contributed by atoms with Crippen molar-refractivity contribution in [3.8, 4) is 0 Å². The van der Waals surface area contributed by atoms with Crippen molar-refractivity contribution in [3.63, 3.8) is 0 Å². The van der Waals surface area contributed by atoms with E-state index in [0.29, 0.717) is 0 Å². The molecule has 0 aliphatic heterocycles. The second kappa shape index (κ2) is 11.5. The quantitative estimate of drug-likeness (QED) is 0.521. The average Bonchev–Trinajstić information content (AvgIpc) is 2.52. The summed E-state index contributed by atoms with van der Waals surface area (Å²) >= 11 is 3.50. The molecule has 0 nitrogen and oxygen atoms in total. The Kier molecular flexibility index (Phi) is 11.2. The first kappa shape index (κ1) is 17.4. The Morgan fingerprint density at radius 3 is 2.00 bits per heavy atom. The fourth-order valence-electron chi connectivity index (χ4n) is 1.93. The SMILES string of the molecule is BrCC1=CC=C(C2=CC=CCC2)CC1.CC.CC. The van der Waals surface area contributed by atoms with E-state index in [9.17, 15) is 0 Å². The van der Waals surface area contributed by atoms with Gasteiger partial charge in [0.05, 0.1) is 0 Å². The first-order chi connectivity index (χ1) is 8.90. The molecule has 0 radical (unpaired) electrons. The van der Waals surface area contributed by atoms with Crippen LogP contribution in [-0.4, -0.2) is 5.33 Å². The molecule has 2 rings (SSSR count). The maximum absolute atomic E-state index is 3.50. The van der Waals surface area contributed by atoms with Crippen LogP contribution in [0.15, 0.2) is 47.1 Å². The number of hydrogen-bond acceptors (Lipinski definition) is 0. The highest BCUT2D eigenvalue weighted by molar-refractivity contribution is 9.09. The van der Waals surface area contributed by atoms with Crippen molar-refractivity contribution in [2.45, 2.75) is 53.4 Å². The molecular formula is C17H27Br. The van der Waals surface area contributed by atoms with E-state index in [4.69, 9.17) is 0 Å². The van der Waals surface area contributed by atoms with Gasteiger partial charge in [0.15, 0.2) is 0 Å². The lowest BCUT2D eigenvalue weighted by Gasteiger charge is -2.17. The van der Waals surface area contributed by atoms with Gasteiger partial charge in [-0.2, -0.15) is 0 Å². The standard InChI is InChI=1S/C13H15Br.2C2H6/c14-10-11-6-8-13(9-7-11)12-4-2-1-3-5-12;2*1-2/h1-2,4,6,8H,3,5,7,9-10H2;2*1-2H3. The summed E-state index contributed by atoms with van der Waals surface area (Å²) in [6.45, 7) is 8.00. The lowest BCUT2D eigenvalue weighted by molar-refractivity contribution is 0.872. The Balaban J connectivity index is 0.000000659. The monoisotopic (exact) mass is 310 g/mol. The van der Waals surface area contributed by atoms with E-state index in [0.717, 1.165) is 5.33 Å². The first-order valence-corrected chi connectivity index (χ1v) is 8.33. The highest BCUT2D eigenvalue weighted by atomic mass is 79.9. The van der Waals surface area contributed by atoms with Gasteiger partial charge in [0.25, 0.3) is 0 Å². The Morgan fingerprint density at radius 2 is 1.56 bits per heavy atom. The van der Waals surface area contributed by atoms with Crippen LogP contribution in [0.3, 0.4) is 0 Å². The predicted octanol–water partition coefficient (Wildman–Crippen LogP) is 6.36. The summed E-state index contributed by atoms with van der Waals surface area (Å²) in [4.78, 5) is 0. The number of hydrogen-bond donors (Lipinski definition) is 0. The fraction of sp³-hybridized carbons (Fsp3) is 0.529. The van der Waals surface area contributed by atoms with E-state index in [-0.39, 0.29) is 0 Å². The zero-order chi connectivity index (χ0) is 13.8. The molecule has 0 aromatic carbocycles. The van der Waals surface area contributed by atoms with Crippen LogP contribution in [0.1, 0.15) is 53.4 Å². The average molecular weight is 311 g/mol. The van der Waals surface area contributed by atoms with Gasteiger partial charge in [-0.25, -0.2) is 0 Å². The molecule has 0 unspecified atom stereocenters. The molecular weight excluding hydrogens is 284 g/mol. The molecule has 0 fully saturated rings. The minimum atomic E-state index is 1.02.